The second kappa shape index (κ2) is 8.52. The summed E-state index contributed by atoms with van der Waals surface area (Å²) >= 11 is 0. The third-order valence-electron chi connectivity index (χ3n) is 2.71. The highest BCUT2D eigenvalue weighted by Gasteiger charge is 1.93. The van der Waals surface area contributed by atoms with Gasteiger partial charge < -0.3 is 0 Å². The van der Waals surface area contributed by atoms with E-state index < -0.39 is 0 Å². The van der Waals surface area contributed by atoms with Gasteiger partial charge in [-0.15, -0.1) is 0 Å². The minimum atomic E-state index is 1.24. The molecule has 0 N–H and O–H groups in total. The predicted octanol–water partition coefficient (Wildman–Crippen LogP) is 4.79. The van der Waals surface area contributed by atoms with Gasteiger partial charge in [-0.2, -0.15) is 0 Å². The molecule has 1 aromatic carbocycles. The van der Waals surface area contributed by atoms with Crippen molar-refractivity contribution in [2.75, 3.05) is 0 Å². The van der Waals surface area contributed by atoms with E-state index in [-0.39, 0.29) is 0 Å². The molecule has 0 saturated carbocycles. The van der Waals surface area contributed by atoms with Gasteiger partial charge in [-0.05, 0) is 24.8 Å². The maximum atomic E-state index is 2.43. The zero-order valence-corrected chi connectivity index (χ0v) is 9.91. The lowest BCUT2D eigenvalue weighted by Gasteiger charge is -2.01. The van der Waals surface area contributed by atoms with Gasteiger partial charge in [0.05, 0.1) is 0 Å². The molecule has 0 aliphatic carbocycles. The second-order valence-electron chi connectivity index (χ2n) is 4.16. The number of hydrogen-bond donors (Lipinski definition) is 0. The van der Waals surface area contributed by atoms with Crippen molar-refractivity contribution >= 4 is 0 Å². The first-order valence-corrected chi connectivity index (χ1v) is 6.29. The number of aryl methyl sites for hydroxylation is 1. The van der Waals surface area contributed by atoms with Gasteiger partial charge in [0.25, 0.3) is 0 Å². The summed E-state index contributed by atoms with van der Waals surface area (Å²) in [6.45, 7) is 2.24. The lowest BCUT2D eigenvalue weighted by Crippen LogP contribution is -1.85. The molecule has 0 amide bonds. The minimum absolute atomic E-state index is 1.24. The summed E-state index contributed by atoms with van der Waals surface area (Å²) in [6.07, 6.45) is 11.6. The highest BCUT2D eigenvalue weighted by atomic mass is 14.0. The molecule has 0 nitrogen and oxygen atoms in total. The van der Waals surface area contributed by atoms with Crippen LogP contribution in [0.5, 0.6) is 0 Å². The van der Waals surface area contributed by atoms with Crippen molar-refractivity contribution in [1.29, 1.82) is 0 Å². The van der Waals surface area contributed by atoms with Gasteiger partial charge in [-0.3, -0.25) is 0 Å². The largest absolute Gasteiger partial charge is 0.0654 e. The average molecular weight is 203 g/mol. The molecular weight excluding hydrogens is 180 g/mol. The van der Waals surface area contributed by atoms with Crippen LogP contribution < -0.4 is 0 Å². The Bertz CT molecular complexity index is 225. The molecule has 0 aliphatic rings. The highest BCUT2D eigenvalue weighted by Crippen LogP contribution is 2.09. The molecule has 0 unspecified atom stereocenters. The Morgan fingerprint density at radius 2 is 1.73 bits per heavy atom. The summed E-state index contributed by atoms with van der Waals surface area (Å²) < 4.78 is 0. The molecule has 1 rings (SSSR count). The van der Waals surface area contributed by atoms with Gasteiger partial charge in [0.15, 0.2) is 0 Å². The van der Waals surface area contributed by atoms with E-state index in [2.05, 4.69) is 43.7 Å². The van der Waals surface area contributed by atoms with E-state index in [0.717, 1.165) is 0 Å². The van der Waals surface area contributed by atoms with Crippen molar-refractivity contribution in [2.24, 2.45) is 0 Å². The van der Waals surface area contributed by atoms with Crippen molar-refractivity contribution in [3.8, 4) is 0 Å². The average Bonchev–Trinajstić information content (AvgIpc) is 2.29. The summed E-state index contributed by atoms with van der Waals surface area (Å²) in [5.74, 6) is 0. The zero-order chi connectivity index (χ0) is 10.8. The van der Waals surface area contributed by atoms with Gasteiger partial charge in [0.2, 0.25) is 0 Å². The minimum Gasteiger partial charge on any atom is -0.0654 e. The fraction of sp³-hybridized carbons (Fsp3) is 0.533. The Labute approximate surface area is 94.7 Å². The van der Waals surface area contributed by atoms with E-state index in [1.54, 1.807) is 0 Å². The highest BCUT2D eigenvalue weighted by molar-refractivity contribution is 5.14. The Hall–Kier alpha value is -0.780. The molecule has 0 heteroatoms. The lowest BCUT2D eigenvalue weighted by molar-refractivity contribution is 0.658. The predicted molar refractivity (Wildman–Crippen MR) is 67.8 cm³/mol. The summed E-state index contributed by atoms with van der Waals surface area (Å²) in [4.78, 5) is 0. The molecule has 0 spiro atoms. The van der Waals surface area contributed by atoms with Crippen LogP contribution in [0.2, 0.25) is 0 Å². The van der Waals surface area contributed by atoms with Crippen LogP contribution in [0, 0.1) is 6.42 Å². The molecule has 15 heavy (non-hydrogen) atoms. The van der Waals surface area contributed by atoms with Crippen LogP contribution >= 0.6 is 0 Å². The van der Waals surface area contributed by atoms with Gasteiger partial charge >= 0.3 is 0 Å². The fourth-order valence-corrected chi connectivity index (χ4v) is 1.79. The summed E-state index contributed by atoms with van der Waals surface area (Å²) in [6, 6.07) is 10.8. The summed E-state index contributed by atoms with van der Waals surface area (Å²) in [5.41, 5.74) is 1.48. The van der Waals surface area contributed by atoms with E-state index in [1.807, 2.05) is 0 Å². The van der Waals surface area contributed by atoms with E-state index in [1.165, 1.54) is 50.5 Å². The maximum absolute atomic E-state index is 2.43. The molecule has 0 aliphatic heterocycles. The van der Waals surface area contributed by atoms with Crippen LogP contribution in [0.1, 0.15) is 51.0 Å². The first-order valence-electron chi connectivity index (χ1n) is 6.29. The number of hydrogen-bond acceptors (Lipinski definition) is 0. The molecule has 0 saturated heterocycles. The Kier molecular flexibility index (Phi) is 6.98. The smallest absolute Gasteiger partial charge is 0.0279 e. The van der Waals surface area contributed by atoms with E-state index in [9.17, 15) is 0 Å². The fourth-order valence-electron chi connectivity index (χ4n) is 1.79. The van der Waals surface area contributed by atoms with Gasteiger partial charge in [-0.25, -0.2) is 0 Å². The van der Waals surface area contributed by atoms with E-state index in [0.29, 0.717) is 0 Å². The first-order chi connectivity index (χ1) is 7.43. The number of rotatable bonds is 8. The molecule has 1 radical (unpaired) electrons. The van der Waals surface area contributed by atoms with Crippen molar-refractivity contribution in [1.82, 2.24) is 0 Å². The van der Waals surface area contributed by atoms with Crippen molar-refractivity contribution in [3.05, 3.63) is 42.3 Å². The Morgan fingerprint density at radius 1 is 0.933 bits per heavy atom. The molecule has 0 heterocycles. The lowest BCUT2D eigenvalue weighted by atomic mass is 10.0. The van der Waals surface area contributed by atoms with Crippen LogP contribution in [-0.4, -0.2) is 0 Å². The molecular formula is C15H23. The molecule has 83 valence electrons. The van der Waals surface area contributed by atoms with Crippen molar-refractivity contribution < 1.29 is 0 Å². The van der Waals surface area contributed by atoms with Gasteiger partial charge in [0, 0.05) is 0 Å². The normalized spacial score (nSPS) is 10.5. The standard InChI is InChI=1S/C15H23/c1-2-3-4-5-6-7-9-12-15-13-10-8-11-14-15/h4,8,10-11,13-14H,2-3,5-7,9,12H2,1H3. The molecule has 0 aromatic heterocycles. The molecule has 0 atom stereocenters. The SMILES string of the molecule is CCC[CH]CCCCCc1ccccc1. The molecule has 1 aromatic rings. The maximum Gasteiger partial charge on any atom is -0.0279 e. The first kappa shape index (κ1) is 12.3. The summed E-state index contributed by atoms with van der Waals surface area (Å²) in [7, 11) is 0. The Morgan fingerprint density at radius 3 is 2.47 bits per heavy atom. The number of benzene rings is 1. The van der Waals surface area contributed by atoms with Crippen LogP contribution in [-0.2, 0) is 6.42 Å². The van der Waals surface area contributed by atoms with Crippen molar-refractivity contribution in [3.63, 3.8) is 0 Å². The molecule has 0 fully saturated rings. The topological polar surface area (TPSA) is 0 Å². The Balaban J connectivity index is 1.93. The number of unbranched alkanes of at least 4 members (excludes halogenated alkanes) is 6. The molecule has 0 bridgehead atoms. The quantitative estimate of drug-likeness (QED) is 0.533. The summed E-state index contributed by atoms with van der Waals surface area (Å²) in [5, 5.41) is 0. The van der Waals surface area contributed by atoms with E-state index >= 15 is 0 Å². The third kappa shape index (κ3) is 6.33. The zero-order valence-electron chi connectivity index (χ0n) is 9.91. The van der Waals surface area contributed by atoms with Crippen LogP contribution in [0.15, 0.2) is 30.3 Å². The second-order valence-corrected chi connectivity index (χ2v) is 4.16. The monoisotopic (exact) mass is 203 g/mol. The van der Waals surface area contributed by atoms with Crippen LogP contribution in [0.25, 0.3) is 0 Å². The van der Waals surface area contributed by atoms with E-state index in [4.69, 9.17) is 0 Å². The van der Waals surface area contributed by atoms with Crippen LogP contribution in [0.4, 0.5) is 0 Å². The van der Waals surface area contributed by atoms with Crippen LogP contribution in [0.3, 0.4) is 0 Å². The van der Waals surface area contributed by atoms with Gasteiger partial charge in [0.1, 0.15) is 0 Å². The van der Waals surface area contributed by atoms with Gasteiger partial charge in [-0.1, -0.05) is 69.4 Å². The third-order valence-corrected chi connectivity index (χ3v) is 2.71. The van der Waals surface area contributed by atoms with Crippen molar-refractivity contribution in [2.45, 2.75) is 51.9 Å².